The molecule has 3 heterocycles. The molecule has 2 spiro atoms. The standard InChI is InChI=1S/C32H32O14/c1-4-5-6-8-11-21-26(36)43-31(44-27(21)37)16-18-32(19-17-31)45-28(38)22(29(39)46-32)13-10-7-9-12-20-24(34)41-30(2,42-25(20)35)15-14-23(33)40-3/h4-9,11-13H,10,14-19H2,1-3H3. The Labute approximate surface area is 263 Å². The average molecular weight is 641 g/mol. The molecule has 0 aromatic carbocycles. The van der Waals surface area contributed by atoms with Crippen molar-refractivity contribution >= 4 is 41.8 Å². The van der Waals surface area contributed by atoms with Gasteiger partial charge < -0.3 is 33.2 Å². The molecule has 14 heteroatoms. The Balaban J connectivity index is 1.30. The number of cyclic esters (lactones) is 2. The molecule has 0 unspecified atom stereocenters. The summed E-state index contributed by atoms with van der Waals surface area (Å²) in [6.07, 6.45) is 12.6. The first-order valence-corrected chi connectivity index (χ1v) is 14.4. The van der Waals surface area contributed by atoms with Gasteiger partial charge in [0.15, 0.2) is 0 Å². The molecule has 1 saturated carbocycles. The Morgan fingerprint density at radius 1 is 0.674 bits per heavy atom. The number of methoxy groups -OCH3 is 1. The normalized spacial score (nSPS) is 28.2. The van der Waals surface area contributed by atoms with E-state index in [-0.39, 0.29) is 56.1 Å². The Morgan fingerprint density at radius 2 is 1.13 bits per heavy atom. The topological polar surface area (TPSA) is 184 Å². The van der Waals surface area contributed by atoms with E-state index in [0.717, 1.165) is 6.08 Å². The van der Waals surface area contributed by atoms with Crippen molar-refractivity contribution in [1.82, 2.24) is 0 Å². The van der Waals surface area contributed by atoms with Gasteiger partial charge >= 0.3 is 41.8 Å². The van der Waals surface area contributed by atoms with Crippen molar-refractivity contribution in [2.45, 2.75) is 76.2 Å². The molecule has 4 rings (SSSR count). The van der Waals surface area contributed by atoms with E-state index in [1.54, 1.807) is 18.2 Å². The molecule has 0 aromatic heterocycles. The summed E-state index contributed by atoms with van der Waals surface area (Å²) in [4.78, 5) is 86.6. The van der Waals surface area contributed by atoms with E-state index >= 15 is 0 Å². The Kier molecular flexibility index (Phi) is 10.1. The van der Waals surface area contributed by atoms with Gasteiger partial charge in [-0.1, -0.05) is 42.5 Å². The van der Waals surface area contributed by atoms with Crippen molar-refractivity contribution in [1.29, 1.82) is 0 Å². The lowest BCUT2D eigenvalue weighted by molar-refractivity contribution is -0.291. The highest BCUT2D eigenvalue weighted by molar-refractivity contribution is 6.16. The van der Waals surface area contributed by atoms with Crippen LogP contribution in [0.15, 0.2) is 71.4 Å². The third-order valence-corrected chi connectivity index (χ3v) is 7.37. The molecule has 0 amide bonds. The van der Waals surface area contributed by atoms with Crippen LogP contribution in [0.2, 0.25) is 0 Å². The van der Waals surface area contributed by atoms with Crippen molar-refractivity contribution in [3.63, 3.8) is 0 Å². The molecule has 3 saturated heterocycles. The summed E-state index contributed by atoms with van der Waals surface area (Å²) in [6.45, 7) is 3.16. The monoisotopic (exact) mass is 640 g/mol. The second-order valence-corrected chi connectivity index (χ2v) is 10.7. The fourth-order valence-electron chi connectivity index (χ4n) is 4.86. The van der Waals surface area contributed by atoms with Gasteiger partial charge in [0.25, 0.3) is 17.4 Å². The maximum atomic E-state index is 12.7. The van der Waals surface area contributed by atoms with E-state index in [1.165, 1.54) is 44.4 Å². The summed E-state index contributed by atoms with van der Waals surface area (Å²) in [5.74, 6) is -10.8. The second-order valence-electron chi connectivity index (χ2n) is 10.7. The van der Waals surface area contributed by atoms with E-state index in [1.807, 2.05) is 6.92 Å². The van der Waals surface area contributed by atoms with Crippen LogP contribution in [0.4, 0.5) is 0 Å². The van der Waals surface area contributed by atoms with Gasteiger partial charge in [0.1, 0.15) is 16.7 Å². The van der Waals surface area contributed by atoms with Crippen molar-refractivity contribution in [3.8, 4) is 0 Å². The largest absolute Gasteiger partial charge is 0.469 e. The highest BCUT2D eigenvalue weighted by Gasteiger charge is 2.56. The summed E-state index contributed by atoms with van der Waals surface area (Å²) in [5.41, 5.74) is -1.02. The molecule has 4 aliphatic rings. The molecular formula is C32H32O14. The van der Waals surface area contributed by atoms with E-state index in [9.17, 15) is 33.6 Å². The first-order chi connectivity index (χ1) is 21.8. The van der Waals surface area contributed by atoms with Crippen LogP contribution in [-0.2, 0) is 66.7 Å². The maximum Gasteiger partial charge on any atom is 0.348 e. The predicted octanol–water partition coefficient (Wildman–Crippen LogP) is 2.78. The van der Waals surface area contributed by atoms with Gasteiger partial charge in [-0.25, -0.2) is 28.8 Å². The second kappa shape index (κ2) is 13.8. The third kappa shape index (κ3) is 7.68. The summed E-state index contributed by atoms with van der Waals surface area (Å²) < 4.78 is 36.7. The number of esters is 7. The molecular weight excluding hydrogens is 608 g/mol. The molecule has 4 fully saturated rings. The van der Waals surface area contributed by atoms with E-state index in [2.05, 4.69) is 4.74 Å². The van der Waals surface area contributed by atoms with Crippen LogP contribution in [0.3, 0.4) is 0 Å². The minimum absolute atomic E-state index is 0.0199. The zero-order valence-corrected chi connectivity index (χ0v) is 25.4. The maximum absolute atomic E-state index is 12.7. The SMILES string of the molecule is CC=CC=CC=C1C(=O)OC2(CCC3(CC2)OC(=O)C(=CCC=CC=C2C(=O)OC(C)(CCC(=O)OC)OC2=O)C(=O)O3)OC1=O. The molecule has 0 bridgehead atoms. The van der Waals surface area contributed by atoms with Gasteiger partial charge in [0.05, 0.1) is 13.5 Å². The molecule has 0 N–H and O–H groups in total. The smallest absolute Gasteiger partial charge is 0.348 e. The molecule has 0 radical (unpaired) electrons. The summed E-state index contributed by atoms with van der Waals surface area (Å²) in [6, 6.07) is 0. The van der Waals surface area contributed by atoms with Crippen LogP contribution in [0.1, 0.15) is 58.8 Å². The van der Waals surface area contributed by atoms with Crippen molar-refractivity contribution < 1.29 is 66.7 Å². The van der Waals surface area contributed by atoms with Crippen molar-refractivity contribution in [3.05, 3.63) is 71.4 Å². The van der Waals surface area contributed by atoms with E-state index in [0.29, 0.717) is 0 Å². The Morgan fingerprint density at radius 3 is 1.61 bits per heavy atom. The highest BCUT2D eigenvalue weighted by Crippen LogP contribution is 2.45. The first-order valence-electron chi connectivity index (χ1n) is 14.4. The molecule has 0 atom stereocenters. The van der Waals surface area contributed by atoms with Crippen LogP contribution >= 0.6 is 0 Å². The Hall–Kier alpha value is -5.27. The molecule has 14 nitrogen and oxygen atoms in total. The summed E-state index contributed by atoms with van der Waals surface area (Å²) in [5, 5.41) is 0. The number of carbonyl (C=O) groups excluding carboxylic acids is 7. The molecule has 3 aliphatic heterocycles. The number of ether oxygens (including phenoxy) is 7. The van der Waals surface area contributed by atoms with Gasteiger partial charge in [-0.05, 0) is 25.5 Å². The van der Waals surface area contributed by atoms with Crippen LogP contribution in [-0.4, -0.2) is 66.3 Å². The molecule has 244 valence electrons. The molecule has 1 aliphatic carbocycles. The van der Waals surface area contributed by atoms with Crippen LogP contribution in [0.25, 0.3) is 0 Å². The lowest BCUT2D eigenvalue weighted by Gasteiger charge is -2.46. The Bertz CT molecular complexity index is 1450. The third-order valence-electron chi connectivity index (χ3n) is 7.37. The van der Waals surface area contributed by atoms with Gasteiger partial charge in [0, 0.05) is 39.0 Å². The van der Waals surface area contributed by atoms with Gasteiger partial charge in [0.2, 0.25) is 0 Å². The fraction of sp³-hybridized carbons (Fsp3) is 0.406. The number of hydrogen-bond acceptors (Lipinski definition) is 14. The zero-order valence-electron chi connectivity index (χ0n) is 25.4. The number of rotatable bonds is 8. The number of hydrogen-bond donors (Lipinski definition) is 0. The number of carbonyl (C=O) groups is 7. The number of allylic oxidation sites excluding steroid dienone is 9. The van der Waals surface area contributed by atoms with Crippen LogP contribution in [0, 0.1) is 0 Å². The average Bonchev–Trinajstić information content (AvgIpc) is 2.99. The minimum atomic E-state index is -1.62. The molecule has 0 aromatic rings. The van der Waals surface area contributed by atoms with Crippen molar-refractivity contribution in [2.24, 2.45) is 0 Å². The fourth-order valence-corrected chi connectivity index (χ4v) is 4.86. The predicted molar refractivity (Wildman–Crippen MR) is 152 cm³/mol. The first kappa shape index (κ1) is 33.6. The van der Waals surface area contributed by atoms with Crippen LogP contribution in [0.5, 0.6) is 0 Å². The van der Waals surface area contributed by atoms with E-state index in [4.69, 9.17) is 28.4 Å². The summed E-state index contributed by atoms with van der Waals surface area (Å²) >= 11 is 0. The lowest BCUT2D eigenvalue weighted by atomic mass is 9.87. The zero-order chi connectivity index (χ0) is 33.5. The molecule has 46 heavy (non-hydrogen) atoms. The van der Waals surface area contributed by atoms with Gasteiger partial charge in [-0.15, -0.1) is 0 Å². The minimum Gasteiger partial charge on any atom is -0.469 e. The van der Waals surface area contributed by atoms with Crippen molar-refractivity contribution in [2.75, 3.05) is 7.11 Å². The lowest BCUT2D eigenvalue weighted by Crippen LogP contribution is -2.56. The van der Waals surface area contributed by atoms with E-state index < -0.39 is 64.7 Å². The summed E-state index contributed by atoms with van der Waals surface area (Å²) in [7, 11) is 1.20. The van der Waals surface area contributed by atoms with Gasteiger partial charge in [-0.2, -0.15) is 0 Å². The highest BCUT2D eigenvalue weighted by atomic mass is 16.8. The van der Waals surface area contributed by atoms with Gasteiger partial charge in [-0.3, -0.25) is 4.79 Å². The quantitative estimate of drug-likeness (QED) is 0.124. The van der Waals surface area contributed by atoms with Crippen LogP contribution < -0.4 is 0 Å².